The van der Waals surface area contributed by atoms with Gasteiger partial charge < -0.3 is 16.0 Å². The quantitative estimate of drug-likeness (QED) is 0.759. The highest BCUT2D eigenvalue weighted by atomic mass is 35.5. The third-order valence-corrected chi connectivity index (χ3v) is 3.80. The summed E-state index contributed by atoms with van der Waals surface area (Å²) in [5, 5.41) is 3.14. The standard InChI is InChI=1S/C16H18ClN3O2/c1-8-4-9(2)20-16(22)13(8)7-19-15(21)12-5-11(17)6-14(18)10(12)3/h4-6H,7,18H2,1-3H3,(H,19,21)(H,20,22). The molecule has 1 aromatic heterocycles. The summed E-state index contributed by atoms with van der Waals surface area (Å²) in [6, 6.07) is 5.03. The van der Waals surface area contributed by atoms with E-state index in [1.54, 1.807) is 19.1 Å². The number of halogens is 1. The van der Waals surface area contributed by atoms with Crippen LogP contribution < -0.4 is 16.6 Å². The van der Waals surface area contributed by atoms with Crippen LogP contribution in [0.3, 0.4) is 0 Å². The lowest BCUT2D eigenvalue weighted by atomic mass is 10.1. The number of aromatic nitrogens is 1. The topological polar surface area (TPSA) is 88.0 Å². The van der Waals surface area contributed by atoms with E-state index in [0.717, 1.165) is 11.3 Å². The Kier molecular flexibility index (Phi) is 4.56. The highest BCUT2D eigenvalue weighted by Gasteiger charge is 2.13. The van der Waals surface area contributed by atoms with Crippen LogP contribution in [0.5, 0.6) is 0 Å². The predicted molar refractivity (Wildman–Crippen MR) is 88.3 cm³/mol. The monoisotopic (exact) mass is 319 g/mol. The highest BCUT2D eigenvalue weighted by molar-refractivity contribution is 6.31. The molecule has 0 aliphatic rings. The molecule has 1 aromatic carbocycles. The van der Waals surface area contributed by atoms with Gasteiger partial charge in [0.05, 0.1) is 0 Å². The van der Waals surface area contributed by atoms with Crippen LogP contribution in [0.2, 0.25) is 5.02 Å². The van der Waals surface area contributed by atoms with E-state index in [1.807, 2.05) is 19.9 Å². The van der Waals surface area contributed by atoms with Crippen LogP contribution in [-0.4, -0.2) is 10.9 Å². The van der Waals surface area contributed by atoms with Gasteiger partial charge in [-0.1, -0.05) is 11.6 Å². The second-order valence-electron chi connectivity index (χ2n) is 5.29. The van der Waals surface area contributed by atoms with Gasteiger partial charge in [0.15, 0.2) is 0 Å². The van der Waals surface area contributed by atoms with Gasteiger partial charge in [0.1, 0.15) is 0 Å². The molecule has 0 unspecified atom stereocenters. The molecule has 116 valence electrons. The molecule has 0 aliphatic heterocycles. The zero-order valence-corrected chi connectivity index (χ0v) is 13.5. The number of hydrogen-bond acceptors (Lipinski definition) is 3. The summed E-state index contributed by atoms with van der Waals surface area (Å²) in [6.07, 6.45) is 0. The minimum Gasteiger partial charge on any atom is -0.398 e. The average molecular weight is 320 g/mol. The van der Waals surface area contributed by atoms with Crippen LogP contribution in [0, 0.1) is 20.8 Å². The number of rotatable bonds is 3. The molecule has 0 radical (unpaired) electrons. The molecular formula is C16H18ClN3O2. The number of nitrogens with two attached hydrogens (primary N) is 1. The number of nitrogens with one attached hydrogen (secondary N) is 2. The molecule has 0 fully saturated rings. The summed E-state index contributed by atoms with van der Waals surface area (Å²) in [4.78, 5) is 27.0. The number of aromatic amines is 1. The molecule has 5 nitrogen and oxygen atoms in total. The summed E-state index contributed by atoms with van der Waals surface area (Å²) in [7, 11) is 0. The number of benzene rings is 1. The second-order valence-corrected chi connectivity index (χ2v) is 5.73. The molecule has 6 heteroatoms. The molecule has 0 saturated heterocycles. The first kappa shape index (κ1) is 16.1. The van der Waals surface area contributed by atoms with E-state index in [2.05, 4.69) is 10.3 Å². The van der Waals surface area contributed by atoms with E-state index in [1.165, 1.54) is 0 Å². The Morgan fingerprint density at radius 1 is 1.27 bits per heavy atom. The zero-order chi connectivity index (χ0) is 16.4. The van der Waals surface area contributed by atoms with Crippen molar-refractivity contribution in [2.75, 3.05) is 5.73 Å². The second kappa shape index (κ2) is 6.23. The van der Waals surface area contributed by atoms with Crippen molar-refractivity contribution in [3.63, 3.8) is 0 Å². The fraction of sp³-hybridized carbons (Fsp3) is 0.250. The lowest BCUT2D eigenvalue weighted by molar-refractivity contribution is 0.0950. The molecule has 1 heterocycles. The van der Waals surface area contributed by atoms with Gasteiger partial charge in [-0.25, -0.2) is 0 Å². The number of carbonyl (C=O) groups is 1. The molecule has 0 saturated carbocycles. The van der Waals surface area contributed by atoms with Crippen molar-refractivity contribution in [2.24, 2.45) is 0 Å². The third kappa shape index (κ3) is 3.31. The number of H-pyrrole nitrogens is 1. The Balaban J connectivity index is 2.23. The Morgan fingerprint density at radius 2 is 1.95 bits per heavy atom. The maximum absolute atomic E-state index is 12.3. The van der Waals surface area contributed by atoms with Crippen LogP contribution in [0.1, 0.15) is 32.7 Å². The Morgan fingerprint density at radius 3 is 2.59 bits per heavy atom. The summed E-state index contributed by atoms with van der Waals surface area (Å²) in [6.45, 7) is 5.55. The van der Waals surface area contributed by atoms with Gasteiger partial charge in [0, 0.05) is 34.1 Å². The first-order valence-corrected chi connectivity index (χ1v) is 7.20. The first-order chi connectivity index (χ1) is 10.3. The Bertz CT molecular complexity index is 797. The van der Waals surface area contributed by atoms with Gasteiger partial charge >= 0.3 is 0 Å². The summed E-state index contributed by atoms with van der Waals surface area (Å²) >= 11 is 5.94. The van der Waals surface area contributed by atoms with Crippen molar-refractivity contribution in [3.05, 3.63) is 61.5 Å². The Hall–Kier alpha value is -2.27. The zero-order valence-electron chi connectivity index (χ0n) is 12.7. The number of pyridine rings is 1. The van der Waals surface area contributed by atoms with Crippen molar-refractivity contribution in [1.82, 2.24) is 10.3 Å². The van der Waals surface area contributed by atoms with Gasteiger partial charge in [-0.2, -0.15) is 0 Å². The summed E-state index contributed by atoms with van der Waals surface area (Å²) < 4.78 is 0. The van der Waals surface area contributed by atoms with E-state index in [0.29, 0.717) is 27.4 Å². The number of nitrogen functional groups attached to an aromatic ring is 1. The van der Waals surface area contributed by atoms with Gasteiger partial charge in [0.25, 0.3) is 11.5 Å². The molecule has 0 bridgehead atoms. The van der Waals surface area contributed by atoms with Gasteiger partial charge in [-0.3, -0.25) is 9.59 Å². The van der Waals surface area contributed by atoms with Gasteiger partial charge in [0.2, 0.25) is 0 Å². The van der Waals surface area contributed by atoms with Crippen LogP contribution in [0.25, 0.3) is 0 Å². The van der Waals surface area contributed by atoms with Crippen LogP contribution in [0.15, 0.2) is 23.0 Å². The molecule has 0 spiro atoms. The van der Waals surface area contributed by atoms with Gasteiger partial charge in [-0.15, -0.1) is 0 Å². The van der Waals surface area contributed by atoms with Crippen molar-refractivity contribution < 1.29 is 4.79 Å². The molecule has 22 heavy (non-hydrogen) atoms. The fourth-order valence-electron chi connectivity index (χ4n) is 2.30. The maximum atomic E-state index is 12.3. The van der Waals surface area contributed by atoms with Crippen LogP contribution in [-0.2, 0) is 6.54 Å². The molecule has 1 amide bonds. The number of carbonyl (C=O) groups excluding carboxylic acids is 1. The smallest absolute Gasteiger partial charge is 0.253 e. The predicted octanol–water partition coefficient (Wildman–Crippen LogP) is 2.47. The largest absolute Gasteiger partial charge is 0.398 e. The lowest BCUT2D eigenvalue weighted by Crippen LogP contribution is -2.28. The molecule has 0 aliphatic carbocycles. The number of amides is 1. The average Bonchev–Trinajstić information content (AvgIpc) is 2.41. The normalized spacial score (nSPS) is 10.5. The first-order valence-electron chi connectivity index (χ1n) is 6.83. The lowest BCUT2D eigenvalue weighted by Gasteiger charge is -2.11. The van der Waals surface area contributed by atoms with Crippen LogP contribution >= 0.6 is 11.6 Å². The van der Waals surface area contributed by atoms with E-state index in [4.69, 9.17) is 17.3 Å². The Labute approximate surface area is 133 Å². The van der Waals surface area contributed by atoms with Gasteiger partial charge in [-0.05, 0) is 50.1 Å². The SMILES string of the molecule is Cc1cc(C)c(CNC(=O)c2cc(Cl)cc(N)c2C)c(=O)[nH]1. The fourth-order valence-corrected chi connectivity index (χ4v) is 2.53. The number of hydrogen-bond donors (Lipinski definition) is 3. The molecular weight excluding hydrogens is 302 g/mol. The molecule has 2 rings (SSSR count). The van der Waals surface area contributed by atoms with E-state index in [-0.39, 0.29) is 18.0 Å². The van der Waals surface area contributed by atoms with E-state index < -0.39 is 0 Å². The molecule has 2 aromatic rings. The number of aryl methyl sites for hydroxylation is 2. The maximum Gasteiger partial charge on any atom is 0.253 e. The van der Waals surface area contributed by atoms with E-state index in [9.17, 15) is 9.59 Å². The molecule has 0 atom stereocenters. The minimum absolute atomic E-state index is 0.145. The van der Waals surface area contributed by atoms with Crippen LogP contribution in [0.4, 0.5) is 5.69 Å². The van der Waals surface area contributed by atoms with Crippen molar-refractivity contribution in [3.8, 4) is 0 Å². The van der Waals surface area contributed by atoms with Crippen molar-refractivity contribution in [1.29, 1.82) is 0 Å². The van der Waals surface area contributed by atoms with Crippen molar-refractivity contribution >= 4 is 23.2 Å². The van der Waals surface area contributed by atoms with Crippen molar-refractivity contribution in [2.45, 2.75) is 27.3 Å². The highest BCUT2D eigenvalue weighted by Crippen LogP contribution is 2.22. The third-order valence-electron chi connectivity index (χ3n) is 3.58. The van der Waals surface area contributed by atoms with E-state index >= 15 is 0 Å². The summed E-state index contributed by atoms with van der Waals surface area (Å²) in [5.41, 5.74) is 9.31. The number of anilines is 1. The minimum atomic E-state index is -0.314. The summed E-state index contributed by atoms with van der Waals surface area (Å²) in [5.74, 6) is -0.314. The molecule has 4 N–H and O–H groups in total.